The summed E-state index contributed by atoms with van der Waals surface area (Å²) in [6, 6.07) is 30.6. The van der Waals surface area contributed by atoms with Crippen molar-refractivity contribution in [2.45, 2.75) is 20.4 Å². The molecule has 0 aliphatic carbocycles. The number of hydrogen-bond donors (Lipinski definition) is 0. The molecule has 0 amide bonds. The van der Waals surface area contributed by atoms with Gasteiger partial charge in [-0.1, -0.05) is 57.9 Å². The summed E-state index contributed by atoms with van der Waals surface area (Å²) in [5, 5.41) is 0. The Bertz CT molecular complexity index is 1260. The van der Waals surface area contributed by atoms with Crippen molar-refractivity contribution in [2.24, 2.45) is 0 Å². The molecule has 0 aliphatic rings. The van der Waals surface area contributed by atoms with Crippen LogP contribution in [0.3, 0.4) is 0 Å². The van der Waals surface area contributed by atoms with Crippen LogP contribution in [0.2, 0.25) is 0 Å². The van der Waals surface area contributed by atoms with Gasteiger partial charge in [-0.05, 0) is 73.0 Å². The standard InChI is InChI=1S/C30H30BrN2.HI/c1-5-33-29(19-10-23-8-17-28(18-9-23)32(3)4)20-26(24-13-15-27(31)16-14-24)21-30(33)25-11-6-22(2)7-12-25;/h6-21H,5H2,1-4H3;1H/q+1;/p-1. The molecule has 2 nitrogen and oxygen atoms in total. The van der Waals surface area contributed by atoms with Crippen molar-refractivity contribution in [1.29, 1.82) is 0 Å². The fraction of sp³-hybridized carbons (Fsp3) is 0.167. The molecule has 0 saturated heterocycles. The van der Waals surface area contributed by atoms with Crippen LogP contribution in [0.5, 0.6) is 0 Å². The van der Waals surface area contributed by atoms with Gasteiger partial charge < -0.3 is 28.9 Å². The lowest BCUT2D eigenvalue weighted by Crippen LogP contribution is -3.00. The summed E-state index contributed by atoms with van der Waals surface area (Å²) >= 11 is 3.56. The van der Waals surface area contributed by atoms with Crippen molar-refractivity contribution in [1.82, 2.24) is 0 Å². The first-order valence-corrected chi connectivity index (χ1v) is 12.1. The molecule has 4 heteroatoms. The Morgan fingerprint density at radius 3 is 1.97 bits per heavy atom. The minimum absolute atomic E-state index is 0. The van der Waals surface area contributed by atoms with Gasteiger partial charge in [0.15, 0.2) is 0 Å². The number of halogens is 2. The number of aryl methyl sites for hydroxylation is 1. The summed E-state index contributed by atoms with van der Waals surface area (Å²) in [7, 11) is 4.13. The van der Waals surface area contributed by atoms with Gasteiger partial charge in [0.1, 0.15) is 6.54 Å². The van der Waals surface area contributed by atoms with Crippen LogP contribution in [0.15, 0.2) is 89.4 Å². The summed E-state index contributed by atoms with van der Waals surface area (Å²) in [4.78, 5) is 2.12. The van der Waals surface area contributed by atoms with Gasteiger partial charge in [0, 0.05) is 48.0 Å². The van der Waals surface area contributed by atoms with Gasteiger partial charge in [0.25, 0.3) is 0 Å². The number of nitrogens with zero attached hydrogens (tertiary/aromatic N) is 2. The van der Waals surface area contributed by atoms with Gasteiger partial charge >= 0.3 is 0 Å². The predicted molar refractivity (Wildman–Crippen MR) is 145 cm³/mol. The molecule has 0 saturated carbocycles. The third-order valence-electron chi connectivity index (χ3n) is 5.90. The van der Waals surface area contributed by atoms with Gasteiger partial charge in [-0.15, -0.1) is 0 Å². The first kappa shape index (κ1) is 26.2. The average molecular weight is 625 g/mol. The topological polar surface area (TPSA) is 7.12 Å². The van der Waals surface area contributed by atoms with E-state index in [1.807, 2.05) is 0 Å². The highest BCUT2D eigenvalue weighted by molar-refractivity contribution is 9.10. The van der Waals surface area contributed by atoms with Gasteiger partial charge in [0.2, 0.25) is 11.4 Å². The molecule has 0 spiro atoms. The molecule has 0 unspecified atom stereocenters. The van der Waals surface area contributed by atoms with E-state index in [1.165, 1.54) is 44.9 Å². The van der Waals surface area contributed by atoms with E-state index in [1.54, 1.807) is 0 Å². The maximum Gasteiger partial charge on any atom is 0.213 e. The first-order valence-electron chi connectivity index (χ1n) is 11.3. The second kappa shape index (κ2) is 11.8. The van der Waals surface area contributed by atoms with Crippen LogP contribution in [0, 0.1) is 6.92 Å². The monoisotopic (exact) mass is 624 g/mol. The molecule has 0 radical (unpaired) electrons. The maximum atomic E-state index is 3.56. The highest BCUT2D eigenvalue weighted by atomic mass is 127. The summed E-state index contributed by atoms with van der Waals surface area (Å²) in [6.45, 7) is 5.23. The summed E-state index contributed by atoms with van der Waals surface area (Å²) < 4.78 is 3.48. The number of anilines is 1. The third-order valence-corrected chi connectivity index (χ3v) is 6.42. The van der Waals surface area contributed by atoms with Gasteiger partial charge in [-0.2, -0.15) is 4.57 Å². The first-order chi connectivity index (χ1) is 15.9. The Balaban J connectivity index is 0.00000324. The van der Waals surface area contributed by atoms with Crippen molar-refractivity contribution in [3.63, 3.8) is 0 Å². The number of aromatic nitrogens is 1. The Labute approximate surface area is 229 Å². The molecule has 1 aromatic heterocycles. The Morgan fingerprint density at radius 2 is 1.38 bits per heavy atom. The minimum Gasteiger partial charge on any atom is -1.00 e. The Hall–Kier alpha value is -2.44. The summed E-state index contributed by atoms with van der Waals surface area (Å²) in [6.07, 6.45) is 4.43. The van der Waals surface area contributed by atoms with Crippen LogP contribution in [-0.2, 0) is 6.54 Å². The molecule has 0 N–H and O–H groups in total. The normalized spacial score (nSPS) is 10.9. The van der Waals surface area contributed by atoms with Crippen molar-refractivity contribution in [3.8, 4) is 22.4 Å². The number of hydrogen-bond acceptors (Lipinski definition) is 1. The average Bonchev–Trinajstić information content (AvgIpc) is 2.83. The zero-order chi connectivity index (χ0) is 23.4. The molecular formula is C30H30BrIN2. The third kappa shape index (κ3) is 6.16. The Morgan fingerprint density at radius 1 is 0.765 bits per heavy atom. The second-order valence-corrected chi connectivity index (χ2v) is 9.41. The van der Waals surface area contributed by atoms with Crippen LogP contribution in [0.1, 0.15) is 23.7 Å². The van der Waals surface area contributed by atoms with E-state index >= 15 is 0 Å². The highest BCUT2D eigenvalue weighted by Gasteiger charge is 2.18. The maximum absolute atomic E-state index is 3.56. The SMILES string of the molecule is CC[n+]1c(C=Cc2ccc(N(C)C)cc2)cc(-c2ccc(Br)cc2)cc1-c1ccc(C)cc1.[I-]. The van der Waals surface area contributed by atoms with E-state index in [9.17, 15) is 0 Å². The van der Waals surface area contributed by atoms with Crippen molar-refractivity contribution >= 4 is 33.8 Å². The molecule has 0 aliphatic heterocycles. The van der Waals surface area contributed by atoms with E-state index in [0.29, 0.717) is 0 Å². The molecule has 4 rings (SSSR count). The van der Waals surface area contributed by atoms with E-state index in [0.717, 1.165) is 11.0 Å². The lowest BCUT2D eigenvalue weighted by atomic mass is 10.0. The molecule has 0 bridgehead atoms. The fourth-order valence-corrected chi connectivity index (χ4v) is 4.24. The largest absolute Gasteiger partial charge is 1.00 e. The minimum atomic E-state index is 0. The van der Waals surface area contributed by atoms with Crippen LogP contribution in [0.25, 0.3) is 34.5 Å². The van der Waals surface area contributed by atoms with Crippen molar-refractivity contribution < 1.29 is 28.5 Å². The number of pyridine rings is 1. The smallest absolute Gasteiger partial charge is 0.213 e. The van der Waals surface area contributed by atoms with Gasteiger partial charge in [-0.3, -0.25) is 0 Å². The molecule has 0 atom stereocenters. The number of rotatable bonds is 6. The quantitative estimate of drug-likeness (QED) is 0.224. The van der Waals surface area contributed by atoms with E-state index in [-0.39, 0.29) is 24.0 Å². The molecule has 4 aromatic rings. The van der Waals surface area contributed by atoms with Crippen LogP contribution in [0.4, 0.5) is 5.69 Å². The molecule has 174 valence electrons. The molecule has 3 aromatic carbocycles. The van der Waals surface area contributed by atoms with Crippen molar-refractivity contribution in [2.75, 3.05) is 19.0 Å². The summed E-state index contributed by atoms with van der Waals surface area (Å²) in [5.74, 6) is 0. The lowest BCUT2D eigenvalue weighted by Gasteiger charge is -2.12. The molecule has 1 heterocycles. The van der Waals surface area contributed by atoms with Gasteiger partial charge in [0.05, 0.1) is 0 Å². The fourth-order valence-electron chi connectivity index (χ4n) is 3.97. The van der Waals surface area contributed by atoms with Crippen LogP contribution in [-0.4, -0.2) is 14.1 Å². The van der Waals surface area contributed by atoms with E-state index in [4.69, 9.17) is 0 Å². The van der Waals surface area contributed by atoms with E-state index in [2.05, 4.69) is 150 Å². The summed E-state index contributed by atoms with van der Waals surface area (Å²) in [5.41, 5.74) is 9.72. The number of benzene rings is 3. The molecule has 0 fully saturated rings. The Kier molecular flexibility index (Phi) is 9.09. The highest BCUT2D eigenvalue weighted by Crippen LogP contribution is 2.27. The molecular weight excluding hydrogens is 595 g/mol. The molecule has 34 heavy (non-hydrogen) atoms. The van der Waals surface area contributed by atoms with Crippen LogP contribution >= 0.6 is 15.9 Å². The second-order valence-electron chi connectivity index (χ2n) is 8.49. The van der Waals surface area contributed by atoms with Crippen LogP contribution < -0.4 is 33.4 Å². The lowest BCUT2D eigenvalue weighted by molar-refractivity contribution is -0.684. The predicted octanol–water partition coefficient (Wildman–Crippen LogP) is 4.64. The van der Waals surface area contributed by atoms with E-state index < -0.39 is 0 Å². The van der Waals surface area contributed by atoms with Crippen molar-refractivity contribution in [3.05, 3.63) is 106 Å². The van der Waals surface area contributed by atoms with Gasteiger partial charge in [-0.25, -0.2) is 0 Å². The zero-order valence-electron chi connectivity index (χ0n) is 20.1. The zero-order valence-corrected chi connectivity index (χ0v) is 23.8.